The van der Waals surface area contributed by atoms with Gasteiger partial charge in [0.25, 0.3) is 0 Å². The highest BCUT2D eigenvalue weighted by Crippen LogP contribution is 2.29. The third kappa shape index (κ3) is 3.72. The number of anilines is 1. The molecule has 2 rings (SSSR count). The van der Waals surface area contributed by atoms with Crippen molar-refractivity contribution in [1.29, 1.82) is 0 Å². The SMILES string of the molecule is CCCNC(C)c1ccc2c(c1)CCCN2CCCF. The normalized spacial score (nSPS) is 16.1. The second-order valence-electron chi connectivity index (χ2n) is 5.70. The van der Waals surface area contributed by atoms with E-state index in [1.807, 2.05) is 0 Å². The summed E-state index contributed by atoms with van der Waals surface area (Å²) in [4.78, 5) is 2.34. The van der Waals surface area contributed by atoms with Crippen molar-refractivity contribution in [3.63, 3.8) is 0 Å². The molecule has 3 heteroatoms. The Balaban J connectivity index is 2.10. The Morgan fingerprint density at radius 3 is 3.00 bits per heavy atom. The Labute approximate surface area is 122 Å². The Morgan fingerprint density at radius 1 is 1.40 bits per heavy atom. The fraction of sp³-hybridized carbons (Fsp3) is 0.647. The molecule has 1 aromatic carbocycles. The third-order valence-corrected chi connectivity index (χ3v) is 4.08. The maximum atomic E-state index is 12.4. The second-order valence-corrected chi connectivity index (χ2v) is 5.70. The molecular formula is C17H27FN2. The number of hydrogen-bond donors (Lipinski definition) is 1. The summed E-state index contributed by atoms with van der Waals surface area (Å²) < 4.78 is 12.4. The van der Waals surface area contributed by atoms with E-state index in [9.17, 15) is 4.39 Å². The van der Waals surface area contributed by atoms with Crippen LogP contribution in [-0.4, -0.2) is 26.3 Å². The van der Waals surface area contributed by atoms with Gasteiger partial charge in [0.15, 0.2) is 0 Å². The van der Waals surface area contributed by atoms with Gasteiger partial charge in [-0.3, -0.25) is 4.39 Å². The van der Waals surface area contributed by atoms with Crippen molar-refractivity contribution in [1.82, 2.24) is 5.32 Å². The van der Waals surface area contributed by atoms with E-state index in [0.717, 1.165) is 32.5 Å². The number of nitrogens with one attached hydrogen (secondary N) is 1. The van der Waals surface area contributed by atoms with Crippen LogP contribution in [0.5, 0.6) is 0 Å². The van der Waals surface area contributed by atoms with Crippen LogP contribution < -0.4 is 10.2 Å². The van der Waals surface area contributed by atoms with Gasteiger partial charge in [-0.25, -0.2) is 0 Å². The summed E-state index contributed by atoms with van der Waals surface area (Å²) in [6, 6.07) is 7.19. The zero-order valence-corrected chi connectivity index (χ0v) is 12.8. The summed E-state index contributed by atoms with van der Waals surface area (Å²) >= 11 is 0. The number of hydrogen-bond acceptors (Lipinski definition) is 2. The predicted octanol–water partition coefficient (Wildman–Crippen LogP) is 3.86. The van der Waals surface area contributed by atoms with Crippen LogP contribution in [0.2, 0.25) is 0 Å². The number of nitrogens with zero attached hydrogens (tertiary/aromatic N) is 1. The van der Waals surface area contributed by atoms with E-state index >= 15 is 0 Å². The first kappa shape index (κ1) is 15.3. The van der Waals surface area contributed by atoms with Crippen LogP contribution in [0.4, 0.5) is 10.1 Å². The molecule has 2 nitrogen and oxygen atoms in total. The molecule has 0 bridgehead atoms. The Hall–Kier alpha value is -1.09. The third-order valence-electron chi connectivity index (χ3n) is 4.08. The Kier molecular flexibility index (Phi) is 5.84. The van der Waals surface area contributed by atoms with Gasteiger partial charge in [-0.05, 0) is 56.3 Å². The van der Waals surface area contributed by atoms with Gasteiger partial charge in [0.05, 0.1) is 6.67 Å². The van der Waals surface area contributed by atoms with Crippen LogP contribution >= 0.6 is 0 Å². The summed E-state index contributed by atoms with van der Waals surface area (Å²) in [6.07, 6.45) is 4.12. The summed E-state index contributed by atoms with van der Waals surface area (Å²) in [5.74, 6) is 0. The number of benzene rings is 1. The van der Waals surface area contributed by atoms with Crippen molar-refractivity contribution in [2.75, 3.05) is 31.2 Å². The van der Waals surface area contributed by atoms with Crippen molar-refractivity contribution < 1.29 is 4.39 Å². The molecule has 1 unspecified atom stereocenters. The lowest BCUT2D eigenvalue weighted by Gasteiger charge is -2.32. The van der Waals surface area contributed by atoms with Crippen molar-refractivity contribution in [3.05, 3.63) is 29.3 Å². The number of aryl methyl sites for hydroxylation is 1. The van der Waals surface area contributed by atoms with E-state index < -0.39 is 0 Å². The molecule has 1 aliphatic heterocycles. The first-order valence-electron chi connectivity index (χ1n) is 7.93. The van der Waals surface area contributed by atoms with Gasteiger partial charge in [-0.15, -0.1) is 0 Å². The molecule has 0 radical (unpaired) electrons. The van der Waals surface area contributed by atoms with E-state index in [-0.39, 0.29) is 6.67 Å². The zero-order chi connectivity index (χ0) is 14.4. The Bertz CT molecular complexity index is 419. The molecule has 0 aliphatic carbocycles. The minimum atomic E-state index is -0.220. The van der Waals surface area contributed by atoms with Gasteiger partial charge in [-0.2, -0.15) is 0 Å². The van der Waals surface area contributed by atoms with E-state index in [4.69, 9.17) is 0 Å². The molecule has 1 aliphatic rings. The van der Waals surface area contributed by atoms with Gasteiger partial charge < -0.3 is 10.2 Å². The highest BCUT2D eigenvalue weighted by molar-refractivity contribution is 5.57. The summed E-state index contributed by atoms with van der Waals surface area (Å²) in [6.45, 7) is 7.15. The quantitative estimate of drug-likeness (QED) is 0.814. The maximum Gasteiger partial charge on any atom is 0.0911 e. The lowest BCUT2D eigenvalue weighted by Crippen LogP contribution is -2.30. The molecule has 0 fully saturated rings. The highest BCUT2D eigenvalue weighted by atomic mass is 19.1. The van der Waals surface area contributed by atoms with E-state index in [2.05, 4.69) is 42.3 Å². The molecule has 0 spiro atoms. The largest absolute Gasteiger partial charge is 0.371 e. The zero-order valence-electron chi connectivity index (χ0n) is 12.8. The molecule has 0 amide bonds. The topological polar surface area (TPSA) is 15.3 Å². The second kappa shape index (κ2) is 7.63. The van der Waals surface area contributed by atoms with Crippen molar-refractivity contribution in [3.8, 4) is 0 Å². The highest BCUT2D eigenvalue weighted by Gasteiger charge is 2.17. The molecule has 112 valence electrons. The number of halogens is 1. The van der Waals surface area contributed by atoms with Crippen LogP contribution in [0.25, 0.3) is 0 Å². The van der Waals surface area contributed by atoms with Crippen LogP contribution in [0.15, 0.2) is 18.2 Å². The Morgan fingerprint density at radius 2 is 2.25 bits per heavy atom. The maximum absolute atomic E-state index is 12.4. The molecular weight excluding hydrogens is 251 g/mol. The van der Waals surface area contributed by atoms with Gasteiger partial charge in [0.1, 0.15) is 0 Å². The summed E-state index contributed by atoms with van der Waals surface area (Å²) in [5.41, 5.74) is 4.11. The van der Waals surface area contributed by atoms with E-state index in [1.54, 1.807) is 0 Å². The summed E-state index contributed by atoms with van der Waals surface area (Å²) in [7, 11) is 0. The first-order chi connectivity index (χ1) is 9.76. The minimum absolute atomic E-state index is 0.220. The van der Waals surface area contributed by atoms with Crippen LogP contribution in [0.3, 0.4) is 0 Å². The first-order valence-corrected chi connectivity index (χ1v) is 7.93. The van der Waals surface area contributed by atoms with E-state index in [0.29, 0.717) is 12.5 Å². The number of alkyl halides is 1. The minimum Gasteiger partial charge on any atom is -0.371 e. The lowest BCUT2D eigenvalue weighted by atomic mass is 9.96. The lowest BCUT2D eigenvalue weighted by molar-refractivity contribution is 0.468. The standard InChI is InChI=1S/C17H27FN2/c1-3-10-19-14(2)15-7-8-17-16(13-15)6-4-11-20(17)12-5-9-18/h7-8,13-14,19H,3-6,9-12H2,1-2H3. The van der Waals surface area contributed by atoms with Gasteiger partial charge >= 0.3 is 0 Å². The fourth-order valence-corrected chi connectivity index (χ4v) is 2.93. The monoisotopic (exact) mass is 278 g/mol. The molecule has 1 atom stereocenters. The van der Waals surface area contributed by atoms with Crippen LogP contribution in [0, 0.1) is 0 Å². The smallest absolute Gasteiger partial charge is 0.0911 e. The van der Waals surface area contributed by atoms with Crippen LogP contribution in [0.1, 0.15) is 50.3 Å². The average Bonchev–Trinajstić information content (AvgIpc) is 2.49. The van der Waals surface area contributed by atoms with Crippen molar-refractivity contribution in [2.45, 2.75) is 45.6 Å². The fourth-order valence-electron chi connectivity index (χ4n) is 2.93. The van der Waals surface area contributed by atoms with Gasteiger partial charge in [0, 0.05) is 24.8 Å². The number of fused-ring (bicyclic) bond motifs is 1. The average molecular weight is 278 g/mol. The number of rotatable bonds is 7. The molecule has 20 heavy (non-hydrogen) atoms. The predicted molar refractivity (Wildman–Crippen MR) is 84.3 cm³/mol. The van der Waals surface area contributed by atoms with Gasteiger partial charge in [-0.1, -0.05) is 19.1 Å². The molecule has 1 N–H and O–H groups in total. The molecule has 0 saturated heterocycles. The van der Waals surface area contributed by atoms with Crippen molar-refractivity contribution >= 4 is 5.69 Å². The van der Waals surface area contributed by atoms with Crippen LogP contribution in [-0.2, 0) is 6.42 Å². The molecule has 0 aromatic heterocycles. The van der Waals surface area contributed by atoms with Crippen molar-refractivity contribution in [2.24, 2.45) is 0 Å². The summed E-state index contributed by atoms with van der Waals surface area (Å²) in [5, 5.41) is 3.54. The molecule has 1 heterocycles. The molecule has 0 saturated carbocycles. The van der Waals surface area contributed by atoms with Gasteiger partial charge in [0.2, 0.25) is 0 Å². The van der Waals surface area contributed by atoms with E-state index in [1.165, 1.54) is 23.2 Å². The molecule has 1 aromatic rings.